The van der Waals surface area contributed by atoms with Crippen LogP contribution < -0.4 is 5.73 Å². The van der Waals surface area contributed by atoms with Crippen molar-refractivity contribution in [1.82, 2.24) is 4.90 Å². The third-order valence-corrected chi connectivity index (χ3v) is 4.49. The maximum Gasteiger partial charge on any atom is 0.225 e. The number of likely N-dealkylation sites (tertiary alicyclic amines) is 1. The molecule has 0 bridgehead atoms. The predicted octanol–water partition coefficient (Wildman–Crippen LogP) is 2.59. The van der Waals surface area contributed by atoms with Crippen LogP contribution in [0.25, 0.3) is 0 Å². The lowest BCUT2D eigenvalue weighted by atomic mass is 9.78. The molecule has 1 aliphatic rings. The monoisotopic (exact) mass is 299 g/mol. The molecule has 0 aliphatic carbocycles. The summed E-state index contributed by atoms with van der Waals surface area (Å²) in [6, 6.07) is 12.0. The Morgan fingerprint density at radius 3 is 2.77 bits per heavy atom. The summed E-state index contributed by atoms with van der Waals surface area (Å²) in [5, 5.41) is 9.08. The molecule has 4 heteroatoms. The zero-order valence-electron chi connectivity index (χ0n) is 13.5. The van der Waals surface area contributed by atoms with Gasteiger partial charge in [-0.25, -0.2) is 0 Å². The number of nitrogens with zero attached hydrogens (tertiary/aromatic N) is 2. The minimum Gasteiger partial charge on any atom is -0.327 e. The number of hydrogen-bond acceptors (Lipinski definition) is 3. The van der Waals surface area contributed by atoms with Gasteiger partial charge in [0, 0.05) is 19.0 Å². The van der Waals surface area contributed by atoms with Crippen molar-refractivity contribution < 1.29 is 4.79 Å². The Bertz CT molecular complexity index is 547. The highest BCUT2D eigenvalue weighted by atomic mass is 16.2. The van der Waals surface area contributed by atoms with Crippen LogP contribution >= 0.6 is 0 Å². The van der Waals surface area contributed by atoms with Crippen LogP contribution in [0, 0.1) is 11.3 Å². The quantitative estimate of drug-likeness (QED) is 0.908. The number of amides is 1. The summed E-state index contributed by atoms with van der Waals surface area (Å²) in [7, 11) is 0. The van der Waals surface area contributed by atoms with E-state index in [1.54, 1.807) is 4.90 Å². The molecule has 1 amide bonds. The van der Waals surface area contributed by atoms with Crippen LogP contribution in [0.2, 0.25) is 0 Å². The summed E-state index contributed by atoms with van der Waals surface area (Å²) in [6.07, 6.45) is 2.75. The maximum atomic E-state index is 12.3. The Balaban J connectivity index is 1.94. The van der Waals surface area contributed by atoms with Crippen LogP contribution in [0.1, 0.15) is 45.1 Å². The van der Waals surface area contributed by atoms with E-state index >= 15 is 0 Å². The first kappa shape index (κ1) is 16.5. The number of carbonyl (C=O) groups excluding carboxylic acids is 1. The van der Waals surface area contributed by atoms with E-state index in [1.807, 2.05) is 18.2 Å². The lowest BCUT2D eigenvalue weighted by Crippen LogP contribution is -2.40. The van der Waals surface area contributed by atoms with Gasteiger partial charge in [0.1, 0.15) is 6.04 Å². The number of rotatable bonds is 5. The van der Waals surface area contributed by atoms with Gasteiger partial charge >= 0.3 is 0 Å². The molecule has 1 aliphatic heterocycles. The third kappa shape index (κ3) is 3.86. The van der Waals surface area contributed by atoms with Gasteiger partial charge in [0.2, 0.25) is 5.91 Å². The van der Waals surface area contributed by atoms with Gasteiger partial charge in [-0.15, -0.1) is 0 Å². The molecule has 2 N–H and O–H groups in total. The Kier molecular flexibility index (Phi) is 5.20. The molecular weight excluding hydrogens is 274 g/mol. The van der Waals surface area contributed by atoms with Crippen molar-refractivity contribution in [3.8, 4) is 6.07 Å². The first-order valence-corrected chi connectivity index (χ1v) is 7.94. The summed E-state index contributed by atoms with van der Waals surface area (Å²) >= 11 is 0. The standard InChI is InChI=1S/C18H25N3O/c1-18(2,14-7-4-3-5-8-14)12-15(20)11-17(22)21-10-6-9-16(21)13-19/h3-5,7-8,15-16H,6,9-12,20H2,1-2H3/t15?,16-/m0/s1. The summed E-state index contributed by atoms with van der Waals surface area (Å²) in [4.78, 5) is 14.0. The zero-order valence-corrected chi connectivity index (χ0v) is 13.5. The second kappa shape index (κ2) is 6.93. The molecule has 1 fully saturated rings. The fourth-order valence-corrected chi connectivity index (χ4v) is 3.28. The van der Waals surface area contributed by atoms with Crippen molar-refractivity contribution in [3.63, 3.8) is 0 Å². The fourth-order valence-electron chi connectivity index (χ4n) is 3.28. The van der Waals surface area contributed by atoms with E-state index in [0.717, 1.165) is 19.3 Å². The maximum absolute atomic E-state index is 12.3. The number of benzene rings is 1. The average Bonchev–Trinajstić information content (AvgIpc) is 2.96. The molecule has 0 radical (unpaired) electrons. The lowest BCUT2D eigenvalue weighted by molar-refractivity contribution is -0.131. The zero-order chi connectivity index (χ0) is 16.2. The molecule has 4 nitrogen and oxygen atoms in total. The van der Waals surface area contributed by atoms with Crippen molar-refractivity contribution in [1.29, 1.82) is 5.26 Å². The molecular formula is C18H25N3O. The van der Waals surface area contributed by atoms with E-state index in [1.165, 1.54) is 5.56 Å². The fraction of sp³-hybridized carbons (Fsp3) is 0.556. The van der Waals surface area contributed by atoms with Crippen LogP contribution in [0.4, 0.5) is 0 Å². The van der Waals surface area contributed by atoms with Crippen molar-refractivity contribution >= 4 is 5.91 Å². The number of nitrogens with two attached hydrogens (primary N) is 1. The molecule has 1 saturated heterocycles. The highest BCUT2D eigenvalue weighted by Crippen LogP contribution is 2.29. The Morgan fingerprint density at radius 2 is 2.14 bits per heavy atom. The number of hydrogen-bond donors (Lipinski definition) is 1. The highest BCUT2D eigenvalue weighted by molar-refractivity contribution is 5.77. The van der Waals surface area contributed by atoms with Gasteiger partial charge in [-0.3, -0.25) is 4.79 Å². The van der Waals surface area contributed by atoms with Gasteiger partial charge in [-0.05, 0) is 30.2 Å². The van der Waals surface area contributed by atoms with E-state index in [2.05, 4.69) is 32.0 Å². The minimum atomic E-state index is -0.262. The average molecular weight is 299 g/mol. The van der Waals surface area contributed by atoms with Gasteiger partial charge in [-0.2, -0.15) is 5.26 Å². The predicted molar refractivity (Wildman–Crippen MR) is 87.0 cm³/mol. The van der Waals surface area contributed by atoms with E-state index in [-0.39, 0.29) is 23.4 Å². The van der Waals surface area contributed by atoms with Crippen LogP contribution in [-0.4, -0.2) is 29.4 Å². The smallest absolute Gasteiger partial charge is 0.225 e. The molecule has 0 aromatic heterocycles. The van der Waals surface area contributed by atoms with Crippen molar-refractivity contribution in [2.24, 2.45) is 5.73 Å². The Morgan fingerprint density at radius 1 is 1.45 bits per heavy atom. The van der Waals surface area contributed by atoms with E-state index in [9.17, 15) is 4.79 Å². The first-order chi connectivity index (χ1) is 10.4. The Labute approximate surface area is 132 Å². The molecule has 1 heterocycles. The summed E-state index contributed by atoms with van der Waals surface area (Å²) < 4.78 is 0. The van der Waals surface area contributed by atoms with Crippen LogP contribution in [0.3, 0.4) is 0 Å². The second-order valence-electron chi connectivity index (χ2n) is 6.79. The Hall–Kier alpha value is -1.86. The minimum absolute atomic E-state index is 0.0143. The third-order valence-electron chi connectivity index (χ3n) is 4.49. The summed E-state index contributed by atoms with van der Waals surface area (Å²) in [5.74, 6) is 0.0143. The van der Waals surface area contributed by atoms with E-state index < -0.39 is 0 Å². The van der Waals surface area contributed by atoms with Gasteiger partial charge in [0.05, 0.1) is 6.07 Å². The molecule has 1 aromatic rings. The largest absolute Gasteiger partial charge is 0.327 e. The normalized spacial score (nSPS) is 19.7. The molecule has 1 aromatic carbocycles. The molecule has 1 unspecified atom stereocenters. The summed E-state index contributed by atoms with van der Waals surface area (Å²) in [6.45, 7) is 4.99. The van der Waals surface area contributed by atoms with Crippen LogP contribution in [-0.2, 0) is 10.2 Å². The second-order valence-corrected chi connectivity index (χ2v) is 6.79. The van der Waals surface area contributed by atoms with Crippen molar-refractivity contribution in [2.45, 2.75) is 57.0 Å². The number of nitriles is 1. The molecule has 22 heavy (non-hydrogen) atoms. The molecule has 118 valence electrons. The van der Waals surface area contributed by atoms with Gasteiger partial charge in [-0.1, -0.05) is 44.2 Å². The molecule has 0 spiro atoms. The van der Waals surface area contributed by atoms with Crippen molar-refractivity contribution in [2.75, 3.05) is 6.54 Å². The van der Waals surface area contributed by atoms with Gasteiger partial charge in [0.25, 0.3) is 0 Å². The highest BCUT2D eigenvalue weighted by Gasteiger charge is 2.31. The van der Waals surface area contributed by atoms with Crippen LogP contribution in [0.15, 0.2) is 30.3 Å². The molecule has 0 saturated carbocycles. The molecule has 2 atom stereocenters. The van der Waals surface area contributed by atoms with E-state index in [4.69, 9.17) is 11.0 Å². The van der Waals surface area contributed by atoms with Gasteiger partial charge in [0.15, 0.2) is 0 Å². The van der Waals surface area contributed by atoms with Crippen molar-refractivity contribution in [3.05, 3.63) is 35.9 Å². The van der Waals surface area contributed by atoms with Gasteiger partial charge < -0.3 is 10.6 Å². The first-order valence-electron chi connectivity index (χ1n) is 7.94. The lowest BCUT2D eigenvalue weighted by Gasteiger charge is -2.29. The number of carbonyl (C=O) groups is 1. The molecule has 2 rings (SSSR count). The van der Waals surface area contributed by atoms with Crippen LogP contribution in [0.5, 0.6) is 0 Å². The topological polar surface area (TPSA) is 70.1 Å². The summed E-state index contributed by atoms with van der Waals surface area (Å²) in [5.41, 5.74) is 7.38. The van der Waals surface area contributed by atoms with E-state index in [0.29, 0.717) is 13.0 Å². The SMILES string of the molecule is CC(C)(CC(N)CC(=O)N1CCC[C@H]1C#N)c1ccccc1.